The van der Waals surface area contributed by atoms with Crippen LogP contribution in [0.25, 0.3) is 16.7 Å². The Bertz CT molecular complexity index is 861. The molecule has 0 saturated carbocycles. The highest BCUT2D eigenvalue weighted by Gasteiger charge is 2.14. The molecule has 2 nitrogen and oxygen atoms in total. The Morgan fingerprint density at radius 2 is 2.05 bits per heavy atom. The fourth-order valence-corrected chi connectivity index (χ4v) is 3.50. The standard InChI is InChI=1S/C14H9BrClFN2S/c1-7-2-3-11-12(4-7)19(14(20)18-11)13-9(15)5-8(17)6-10(13)16/h2-6H,1H3,(H,18,20). The van der Waals surface area contributed by atoms with Crippen molar-refractivity contribution in [1.29, 1.82) is 0 Å². The minimum absolute atomic E-state index is 0.301. The molecule has 0 amide bonds. The van der Waals surface area contributed by atoms with Crippen LogP contribution in [0.5, 0.6) is 0 Å². The van der Waals surface area contributed by atoms with Crippen molar-refractivity contribution in [3.8, 4) is 5.69 Å². The quantitative estimate of drug-likeness (QED) is 0.556. The Morgan fingerprint density at radius 3 is 2.75 bits per heavy atom. The fraction of sp³-hybridized carbons (Fsp3) is 0.0714. The van der Waals surface area contributed by atoms with Crippen LogP contribution in [0.2, 0.25) is 5.02 Å². The smallest absolute Gasteiger partial charge is 0.182 e. The van der Waals surface area contributed by atoms with Gasteiger partial charge in [0.2, 0.25) is 0 Å². The lowest BCUT2D eigenvalue weighted by Gasteiger charge is -2.10. The molecule has 3 aromatic rings. The van der Waals surface area contributed by atoms with E-state index in [0.717, 1.165) is 16.6 Å². The van der Waals surface area contributed by atoms with Crippen LogP contribution in [0, 0.1) is 17.5 Å². The summed E-state index contributed by atoms with van der Waals surface area (Å²) in [6.07, 6.45) is 0. The monoisotopic (exact) mass is 370 g/mol. The summed E-state index contributed by atoms with van der Waals surface area (Å²) in [4.78, 5) is 3.13. The first kappa shape index (κ1) is 13.8. The third-order valence-corrected chi connectivity index (χ3v) is 4.22. The van der Waals surface area contributed by atoms with Crippen molar-refractivity contribution in [2.75, 3.05) is 0 Å². The highest BCUT2D eigenvalue weighted by Crippen LogP contribution is 2.33. The molecule has 6 heteroatoms. The van der Waals surface area contributed by atoms with Crippen molar-refractivity contribution >= 4 is 50.8 Å². The predicted molar refractivity (Wildman–Crippen MR) is 85.9 cm³/mol. The predicted octanol–water partition coefficient (Wildman–Crippen LogP) is 5.55. The molecule has 0 fully saturated rings. The molecule has 0 aliphatic heterocycles. The average molecular weight is 372 g/mol. The van der Waals surface area contributed by atoms with Crippen LogP contribution in [0.3, 0.4) is 0 Å². The molecule has 1 N–H and O–H groups in total. The average Bonchev–Trinajstić information content (AvgIpc) is 2.65. The number of aromatic nitrogens is 2. The zero-order chi connectivity index (χ0) is 14.4. The van der Waals surface area contributed by atoms with Crippen LogP contribution in [-0.4, -0.2) is 9.55 Å². The maximum Gasteiger partial charge on any atom is 0.182 e. The fourth-order valence-electron chi connectivity index (χ4n) is 2.18. The molecule has 1 heterocycles. The molecule has 0 radical (unpaired) electrons. The molecule has 0 saturated heterocycles. The molecule has 0 atom stereocenters. The topological polar surface area (TPSA) is 20.7 Å². The van der Waals surface area contributed by atoms with Gasteiger partial charge in [-0.15, -0.1) is 0 Å². The van der Waals surface area contributed by atoms with E-state index in [1.807, 2.05) is 29.7 Å². The SMILES string of the molecule is Cc1ccc2[nH]c(=S)n(-c3c(Cl)cc(F)cc3Br)c2c1. The van der Waals surface area contributed by atoms with Crippen LogP contribution >= 0.6 is 39.7 Å². The van der Waals surface area contributed by atoms with E-state index in [2.05, 4.69) is 20.9 Å². The Morgan fingerprint density at radius 1 is 1.30 bits per heavy atom. The highest BCUT2D eigenvalue weighted by molar-refractivity contribution is 9.10. The van der Waals surface area contributed by atoms with Gasteiger partial charge in [-0.05, 0) is 64.9 Å². The molecule has 20 heavy (non-hydrogen) atoms. The van der Waals surface area contributed by atoms with Crippen LogP contribution in [-0.2, 0) is 0 Å². The lowest BCUT2D eigenvalue weighted by atomic mass is 10.2. The zero-order valence-electron chi connectivity index (χ0n) is 10.4. The van der Waals surface area contributed by atoms with Crippen LogP contribution < -0.4 is 0 Å². The number of halogens is 3. The van der Waals surface area contributed by atoms with Gasteiger partial charge in [-0.1, -0.05) is 17.7 Å². The van der Waals surface area contributed by atoms with E-state index in [1.165, 1.54) is 12.1 Å². The van der Waals surface area contributed by atoms with E-state index in [1.54, 1.807) is 0 Å². The third-order valence-electron chi connectivity index (χ3n) is 3.04. The second-order valence-electron chi connectivity index (χ2n) is 4.50. The molecule has 1 aromatic heterocycles. The normalized spacial score (nSPS) is 11.2. The number of nitrogens with one attached hydrogen (secondary N) is 1. The van der Waals surface area contributed by atoms with Gasteiger partial charge in [-0.25, -0.2) is 4.39 Å². The van der Waals surface area contributed by atoms with Gasteiger partial charge in [0.05, 0.1) is 21.7 Å². The molecule has 0 aliphatic carbocycles. The first-order valence-corrected chi connectivity index (χ1v) is 7.41. The second-order valence-corrected chi connectivity index (χ2v) is 6.15. The van der Waals surface area contributed by atoms with Gasteiger partial charge in [0, 0.05) is 4.47 Å². The number of benzene rings is 2. The summed E-state index contributed by atoms with van der Waals surface area (Å²) in [7, 11) is 0. The summed E-state index contributed by atoms with van der Waals surface area (Å²) in [5.41, 5.74) is 3.56. The molecule has 102 valence electrons. The summed E-state index contributed by atoms with van der Waals surface area (Å²) >= 11 is 14.9. The van der Waals surface area contributed by atoms with E-state index in [-0.39, 0.29) is 0 Å². The summed E-state index contributed by atoms with van der Waals surface area (Å²) < 4.78 is 16.3. The molecule has 0 spiro atoms. The molecule has 0 aliphatic rings. The molecule has 2 aromatic carbocycles. The Balaban J connectivity index is 2.44. The number of nitrogens with zero attached hydrogens (tertiary/aromatic N) is 1. The number of hydrogen-bond acceptors (Lipinski definition) is 1. The van der Waals surface area contributed by atoms with Crippen molar-refractivity contribution in [3.05, 3.63) is 56.0 Å². The van der Waals surface area contributed by atoms with Crippen molar-refractivity contribution in [2.24, 2.45) is 0 Å². The molecular weight excluding hydrogens is 363 g/mol. The number of aryl methyl sites for hydroxylation is 1. The Hall–Kier alpha value is -1.17. The highest BCUT2D eigenvalue weighted by atomic mass is 79.9. The number of aromatic amines is 1. The van der Waals surface area contributed by atoms with Crippen LogP contribution in [0.1, 0.15) is 5.56 Å². The number of fused-ring (bicyclic) bond motifs is 1. The van der Waals surface area contributed by atoms with Crippen LogP contribution in [0.4, 0.5) is 4.39 Å². The Labute approximate surface area is 133 Å². The summed E-state index contributed by atoms with van der Waals surface area (Å²) in [5, 5.41) is 0.301. The van der Waals surface area contributed by atoms with Crippen molar-refractivity contribution < 1.29 is 4.39 Å². The number of hydrogen-bond donors (Lipinski definition) is 1. The maximum atomic E-state index is 13.4. The van der Waals surface area contributed by atoms with Gasteiger partial charge >= 0.3 is 0 Å². The van der Waals surface area contributed by atoms with Gasteiger partial charge in [0.1, 0.15) is 5.82 Å². The zero-order valence-corrected chi connectivity index (χ0v) is 13.5. The van der Waals surface area contributed by atoms with Gasteiger partial charge in [0.15, 0.2) is 4.77 Å². The first-order chi connectivity index (χ1) is 9.47. The lowest BCUT2D eigenvalue weighted by molar-refractivity contribution is 0.626. The van der Waals surface area contributed by atoms with Gasteiger partial charge in [-0.2, -0.15) is 0 Å². The minimum atomic E-state index is -0.395. The molecule has 0 bridgehead atoms. The van der Waals surface area contributed by atoms with E-state index in [9.17, 15) is 4.39 Å². The van der Waals surface area contributed by atoms with E-state index >= 15 is 0 Å². The second kappa shape index (κ2) is 4.98. The number of H-pyrrole nitrogens is 1. The van der Waals surface area contributed by atoms with Crippen molar-refractivity contribution in [3.63, 3.8) is 0 Å². The molecule has 3 rings (SSSR count). The van der Waals surface area contributed by atoms with Crippen LogP contribution in [0.15, 0.2) is 34.8 Å². The number of rotatable bonds is 1. The van der Waals surface area contributed by atoms with Crippen molar-refractivity contribution in [2.45, 2.75) is 6.92 Å². The van der Waals surface area contributed by atoms with E-state index in [4.69, 9.17) is 23.8 Å². The summed E-state index contributed by atoms with van der Waals surface area (Å²) in [6, 6.07) is 8.62. The minimum Gasteiger partial charge on any atom is -0.330 e. The summed E-state index contributed by atoms with van der Waals surface area (Å²) in [6.45, 7) is 2.00. The largest absolute Gasteiger partial charge is 0.330 e. The Kier molecular flexibility index (Phi) is 3.44. The lowest BCUT2D eigenvalue weighted by Crippen LogP contribution is -1.97. The first-order valence-electron chi connectivity index (χ1n) is 5.83. The van der Waals surface area contributed by atoms with E-state index in [0.29, 0.717) is 20.0 Å². The third kappa shape index (κ3) is 2.20. The molecule has 0 unspecified atom stereocenters. The van der Waals surface area contributed by atoms with E-state index < -0.39 is 5.82 Å². The summed E-state index contributed by atoms with van der Waals surface area (Å²) in [5.74, 6) is -0.395. The number of imidazole rings is 1. The molecular formula is C14H9BrClFN2S. The maximum absolute atomic E-state index is 13.4. The van der Waals surface area contributed by atoms with Crippen molar-refractivity contribution in [1.82, 2.24) is 9.55 Å². The van der Waals surface area contributed by atoms with Gasteiger partial charge < -0.3 is 4.98 Å². The van der Waals surface area contributed by atoms with Gasteiger partial charge in [-0.3, -0.25) is 4.57 Å². The van der Waals surface area contributed by atoms with Gasteiger partial charge in [0.25, 0.3) is 0 Å².